The first-order valence-electron chi connectivity index (χ1n) is 17.0. The predicted molar refractivity (Wildman–Crippen MR) is 171 cm³/mol. The van der Waals surface area contributed by atoms with Crippen molar-refractivity contribution >= 4 is 23.7 Å². The highest BCUT2D eigenvalue weighted by molar-refractivity contribution is 6.10. The van der Waals surface area contributed by atoms with E-state index in [0.29, 0.717) is 49.9 Å². The van der Waals surface area contributed by atoms with Gasteiger partial charge in [0.15, 0.2) is 11.2 Å². The first-order chi connectivity index (χ1) is 20.0. The molecule has 2 unspecified atom stereocenters. The van der Waals surface area contributed by atoms with Crippen molar-refractivity contribution in [3.05, 3.63) is 0 Å². The molecule has 0 rings (SSSR count). The van der Waals surface area contributed by atoms with Crippen LogP contribution in [0.25, 0.3) is 0 Å². The van der Waals surface area contributed by atoms with Gasteiger partial charge in [-0.2, -0.15) is 0 Å². The zero-order chi connectivity index (χ0) is 33.3. The summed E-state index contributed by atoms with van der Waals surface area (Å²) >= 11 is 0. The quantitative estimate of drug-likeness (QED) is 0.0532. The largest absolute Gasteiger partial charge is 0.481 e. The molecule has 4 N–H and O–H groups in total. The van der Waals surface area contributed by atoms with Crippen molar-refractivity contribution in [1.29, 1.82) is 0 Å². The van der Waals surface area contributed by atoms with Gasteiger partial charge in [0, 0.05) is 0 Å². The monoisotopic (exact) mass is 612 g/mol. The molecular formula is C35H64O8. The van der Waals surface area contributed by atoms with Crippen molar-refractivity contribution in [3.8, 4) is 0 Å². The molecule has 0 radical (unpaired) electrons. The Morgan fingerprint density at radius 1 is 0.488 bits per heavy atom. The van der Waals surface area contributed by atoms with E-state index >= 15 is 0 Å². The first-order valence-corrected chi connectivity index (χ1v) is 17.0. The lowest BCUT2D eigenvalue weighted by molar-refractivity contribution is -0.223. The minimum absolute atomic E-state index is 0.194. The van der Waals surface area contributed by atoms with Crippen LogP contribution in [0.5, 0.6) is 0 Å². The maximum atomic E-state index is 13.3. The van der Waals surface area contributed by atoms with Crippen molar-refractivity contribution in [2.24, 2.45) is 28.6 Å². The van der Waals surface area contributed by atoms with E-state index in [1.807, 2.05) is 0 Å². The van der Waals surface area contributed by atoms with Crippen LogP contribution in [-0.4, -0.2) is 49.7 Å². The van der Waals surface area contributed by atoms with E-state index in [-0.39, 0.29) is 19.3 Å². The molecule has 2 atom stereocenters. The Bertz CT molecular complexity index is 813. The van der Waals surface area contributed by atoms with Gasteiger partial charge in [-0.1, -0.05) is 138 Å². The summed E-state index contributed by atoms with van der Waals surface area (Å²) in [6.45, 7) is 13.7. The zero-order valence-corrected chi connectivity index (χ0v) is 28.4. The summed E-state index contributed by atoms with van der Waals surface area (Å²) in [5.74, 6) is -4.72. The molecule has 0 aliphatic carbocycles. The van der Waals surface area contributed by atoms with Crippen molar-refractivity contribution in [1.82, 2.24) is 0 Å². The van der Waals surface area contributed by atoms with Crippen LogP contribution in [0.4, 0.5) is 0 Å². The van der Waals surface area contributed by atoms with Crippen LogP contribution in [0.2, 0.25) is 0 Å². The Morgan fingerprint density at radius 3 is 1.07 bits per heavy atom. The van der Waals surface area contributed by atoms with Crippen LogP contribution in [0.3, 0.4) is 0 Å². The van der Waals surface area contributed by atoms with Gasteiger partial charge >= 0.3 is 17.9 Å². The van der Waals surface area contributed by atoms with Gasteiger partial charge in [-0.3, -0.25) is 14.4 Å². The average Bonchev–Trinajstić information content (AvgIpc) is 2.89. The number of rotatable bonds is 27. The number of ketones is 1. The van der Waals surface area contributed by atoms with Crippen LogP contribution in [-0.2, 0) is 19.2 Å². The molecule has 0 aromatic carbocycles. The van der Waals surface area contributed by atoms with Gasteiger partial charge in [-0.05, 0) is 43.9 Å². The third kappa shape index (κ3) is 11.8. The molecule has 0 heterocycles. The molecule has 8 nitrogen and oxygen atoms in total. The summed E-state index contributed by atoms with van der Waals surface area (Å²) < 4.78 is 0. The molecular weight excluding hydrogens is 548 g/mol. The van der Waals surface area contributed by atoms with E-state index < -0.39 is 46.5 Å². The predicted octanol–water partition coefficient (Wildman–Crippen LogP) is 8.52. The average molecular weight is 613 g/mol. The Hall–Kier alpha value is -1.96. The molecule has 0 aromatic heterocycles. The topological polar surface area (TPSA) is 149 Å². The summed E-state index contributed by atoms with van der Waals surface area (Å²) in [4.78, 5) is 52.7. The highest BCUT2D eigenvalue weighted by Crippen LogP contribution is 2.54. The van der Waals surface area contributed by atoms with Gasteiger partial charge in [0.05, 0.1) is 0 Å². The zero-order valence-electron chi connectivity index (χ0n) is 28.4. The minimum atomic E-state index is -3.32. The van der Waals surface area contributed by atoms with Gasteiger partial charge in [-0.15, -0.1) is 0 Å². The number of aliphatic hydroxyl groups is 1. The van der Waals surface area contributed by atoms with Crippen molar-refractivity contribution in [2.45, 2.75) is 170 Å². The summed E-state index contributed by atoms with van der Waals surface area (Å²) in [6, 6.07) is 0. The number of hydrogen-bond donors (Lipinski definition) is 4. The molecule has 0 fully saturated rings. The fourth-order valence-electron chi connectivity index (χ4n) is 6.64. The van der Waals surface area contributed by atoms with E-state index in [4.69, 9.17) is 0 Å². The van der Waals surface area contributed by atoms with Crippen LogP contribution < -0.4 is 0 Å². The lowest BCUT2D eigenvalue weighted by atomic mass is 9.52. The summed E-state index contributed by atoms with van der Waals surface area (Å²) in [7, 11) is 0. The molecule has 0 amide bonds. The second-order valence-electron chi connectivity index (χ2n) is 14.2. The number of carboxylic acids is 3. The molecule has 0 bridgehead atoms. The number of hydrogen-bond acceptors (Lipinski definition) is 5. The van der Waals surface area contributed by atoms with Gasteiger partial charge in [0.25, 0.3) is 0 Å². The van der Waals surface area contributed by atoms with E-state index in [1.165, 1.54) is 0 Å². The Morgan fingerprint density at radius 2 is 0.814 bits per heavy atom. The van der Waals surface area contributed by atoms with Crippen LogP contribution in [0.1, 0.15) is 164 Å². The van der Waals surface area contributed by atoms with Gasteiger partial charge in [0.1, 0.15) is 5.41 Å². The second kappa shape index (κ2) is 20.1. The Kier molecular flexibility index (Phi) is 19.2. The Labute approximate surface area is 261 Å². The summed E-state index contributed by atoms with van der Waals surface area (Å²) in [5, 5.41) is 44.2. The molecule has 0 spiro atoms. The standard InChI is InChI=1S/C35H64O8/c1-26(2)20-14-8-11-17-23-33(30(37)38,24-18-12-9-15-21-27(3)4)35(43,32(41)42)34(29(7)36,31(39)40)25-19-13-10-16-22-28(5)6/h26-28,43H,8-25H2,1-7H3,(H,37,38)(H,39,40)(H,41,42). The van der Waals surface area contributed by atoms with Gasteiger partial charge in [0.2, 0.25) is 5.60 Å². The minimum Gasteiger partial charge on any atom is -0.481 e. The van der Waals surface area contributed by atoms with Crippen molar-refractivity contribution in [2.75, 3.05) is 0 Å². The highest BCUT2D eigenvalue weighted by Gasteiger charge is 2.74. The first kappa shape index (κ1) is 41.0. The lowest BCUT2D eigenvalue weighted by Crippen LogP contribution is -2.71. The highest BCUT2D eigenvalue weighted by atomic mass is 16.4. The molecule has 0 aliphatic rings. The van der Waals surface area contributed by atoms with Crippen molar-refractivity contribution in [3.63, 3.8) is 0 Å². The molecule has 0 saturated carbocycles. The van der Waals surface area contributed by atoms with Gasteiger partial charge < -0.3 is 20.4 Å². The molecule has 8 heteroatoms. The van der Waals surface area contributed by atoms with E-state index in [1.54, 1.807) is 0 Å². The number of carbonyl (C=O) groups is 4. The summed E-state index contributed by atoms with van der Waals surface area (Å²) in [6.07, 6.45) is 10.0. The number of aliphatic carboxylic acids is 3. The molecule has 252 valence electrons. The number of carbonyl (C=O) groups excluding carboxylic acids is 1. The third-order valence-corrected chi connectivity index (χ3v) is 9.35. The molecule has 43 heavy (non-hydrogen) atoms. The smallest absolute Gasteiger partial charge is 0.338 e. The summed E-state index contributed by atoms with van der Waals surface area (Å²) in [5.41, 5.74) is -8.45. The normalized spacial score (nSPS) is 15.0. The van der Waals surface area contributed by atoms with Crippen molar-refractivity contribution < 1.29 is 39.6 Å². The number of unbranched alkanes of at least 4 members (excludes halogenated alkanes) is 9. The van der Waals surface area contributed by atoms with E-state index in [9.17, 15) is 39.6 Å². The van der Waals surface area contributed by atoms with Gasteiger partial charge in [-0.25, -0.2) is 4.79 Å². The number of Topliss-reactive ketones (excluding diaryl/α,β-unsaturated/α-hetero) is 1. The molecule has 0 aliphatic heterocycles. The third-order valence-electron chi connectivity index (χ3n) is 9.35. The SMILES string of the molecule is CC(=O)C(CCCCCCC(C)C)(C(=O)O)C(O)(C(=O)O)C(CCCCCCC(C)C)(CCCCCCC(C)C)C(=O)O. The maximum Gasteiger partial charge on any atom is 0.338 e. The van der Waals surface area contributed by atoms with Crippen LogP contribution >= 0.6 is 0 Å². The lowest BCUT2D eigenvalue weighted by Gasteiger charge is -2.50. The fraction of sp³-hybridized carbons (Fsp3) is 0.886. The number of carboxylic acid groups (broad SMARTS) is 3. The molecule has 0 aromatic rings. The van der Waals surface area contributed by atoms with Crippen LogP contribution in [0, 0.1) is 28.6 Å². The van der Waals surface area contributed by atoms with Crippen LogP contribution in [0.15, 0.2) is 0 Å². The maximum absolute atomic E-state index is 13.3. The van der Waals surface area contributed by atoms with E-state index in [2.05, 4.69) is 41.5 Å². The Balaban J connectivity index is 6.55. The molecule has 0 saturated heterocycles. The second-order valence-corrected chi connectivity index (χ2v) is 14.2. The fourth-order valence-corrected chi connectivity index (χ4v) is 6.64. The van der Waals surface area contributed by atoms with E-state index in [0.717, 1.165) is 64.7 Å².